The molecule has 0 aliphatic carbocycles. The van der Waals surface area contributed by atoms with Gasteiger partial charge in [-0.05, 0) is 24.0 Å². The summed E-state index contributed by atoms with van der Waals surface area (Å²) in [4.78, 5) is 0. The van der Waals surface area contributed by atoms with Crippen LogP contribution in [-0.4, -0.2) is 0 Å². The highest BCUT2D eigenvalue weighted by atomic mass is 19.2. The van der Waals surface area contributed by atoms with Gasteiger partial charge in [0.15, 0.2) is 11.6 Å². The van der Waals surface area contributed by atoms with E-state index in [2.05, 4.69) is 0 Å². The van der Waals surface area contributed by atoms with E-state index >= 15 is 0 Å². The first-order chi connectivity index (χ1) is 6.02. The SMILES string of the molecule is CC(C)Cc1ccc(N)c(F)c1F. The Morgan fingerprint density at radius 1 is 1.23 bits per heavy atom. The van der Waals surface area contributed by atoms with E-state index in [0.29, 0.717) is 17.9 Å². The van der Waals surface area contributed by atoms with Gasteiger partial charge in [-0.25, -0.2) is 8.78 Å². The zero-order valence-electron chi connectivity index (χ0n) is 7.77. The summed E-state index contributed by atoms with van der Waals surface area (Å²) in [5.41, 5.74) is 5.46. The lowest BCUT2D eigenvalue weighted by molar-refractivity contribution is 0.492. The summed E-state index contributed by atoms with van der Waals surface area (Å²) in [5.74, 6) is -1.44. The number of nitrogen functional groups attached to an aromatic ring is 1. The van der Waals surface area contributed by atoms with Gasteiger partial charge in [-0.2, -0.15) is 0 Å². The molecule has 0 bridgehead atoms. The van der Waals surface area contributed by atoms with Crippen molar-refractivity contribution < 1.29 is 8.78 Å². The standard InChI is InChI=1S/C10H13F2N/c1-6(2)5-7-3-4-8(13)10(12)9(7)11/h3-4,6H,5,13H2,1-2H3. The van der Waals surface area contributed by atoms with Gasteiger partial charge in [0, 0.05) is 0 Å². The zero-order chi connectivity index (χ0) is 10.0. The fourth-order valence-electron chi connectivity index (χ4n) is 1.20. The van der Waals surface area contributed by atoms with Gasteiger partial charge in [-0.1, -0.05) is 19.9 Å². The fourth-order valence-corrected chi connectivity index (χ4v) is 1.20. The third-order valence-electron chi connectivity index (χ3n) is 1.82. The molecule has 13 heavy (non-hydrogen) atoms. The van der Waals surface area contributed by atoms with Gasteiger partial charge < -0.3 is 5.73 Å². The molecule has 3 heteroatoms. The van der Waals surface area contributed by atoms with Crippen LogP contribution >= 0.6 is 0 Å². The Bertz CT molecular complexity index is 308. The molecule has 0 atom stereocenters. The van der Waals surface area contributed by atoms with Gasteiger partial charge >= 0.3 is 0 Å². The Balaban J connectivity index is 3.04. The van der Waals surface area contributed by atoms with Crippen LogP contribution in [0.15, 0.2) is 12.1 Å². The summed E-state index contributed by atoms with van der Waals surface area (Å²) in [7, 11) is 0. The molecule has 0 heterocycles. The van der Waals surface area contributed by atoms with E-state index < -0.39 is 11.6 Å². The van der Waals surface area contributed by atoms with Crippen LogP contribution in [0.1, 0.15) is 19.4 Å². The number of anilines is 1. The molecular formula is C10H13F2N. The minimum atomic E-state index is -0.932. The van der Waals surface area contributed by atoms with Crippen molar-refractivity contribution >= 4 is 5.69 Å². The predicted molar refractivity (Wildman–Crippen MR) is 49.3 cm³/mol. The average molecular weight is 185 g/mol. The van der Waals surface area contributed by atoms with Crippen molar-refractivity contribution in [3.8, 4) is 0 Å². The third-order valence-corrected chi connectivity index (χ3v) is 1.82. The van der Waals surface area contributed by atoms with Gasteiger partial charge in [0.2, 0.25) is 0 Å². The monoisotopic (exact) mass is 185 g/mol. The van der Waals surface area contributed by atoms with Crippen molar-refractivity contribution in [1.29, 1.82) is 0 Å². The van der Waals surface area contributed by atoms with Crippen LogP contribution < -0.4 is 5.73 Å². The number of benzene rings is 1. The first-order valence-electron chi connectivity index (χ1n) is 4.24. The van der Waals surface area contributed by atoms with Gasteiger partial charge in [0.25, 0.3) is 0 Å². The van der Waals surface area contributed by atoms with Crippen LogP contribution in [0.25, 0.3) is 0 Å². The first kappa shape index (κ1) is 9.96. The normalized spacial score (nSPS) is 10.8. The van der Waals surface area contributed by atoms with Crippen molar-refractivity contribution in [3.05, 3.63) is 29.3 Å². The van der Waals surface area contributed by atoms with Gasteiger partial charge in [-0.15, -0.1) is 0 Å². The Labute approximate surface area is 76.6 Å². The zero-order valence-corrected chi connectivity index (χ0v) is 7.77. The molecule has 0 aliphatic heterocycles. The summed E-state index contributed by atoms with van der Waals surface area (Å²) in [6.45, 7) is 3.90. The summed E-state index contributed by atoms with van der Waals surface area (Å²) < 4.78 is 26.1. The predicted octanol–water partition coefficient (Wildman–Crippen LogP) is 2.75. The van der Waals surface area contributed by atoms with Crippen molar-refractivity contribution in [2.45, 2.75) is 20.3 Å². The lowest BCUT2D eigenvalue weighted by Gasteiger charge is -2.07. The van der Waals surface area contributed by atoms with Crippen molar-refractivity contribution in [3.63, 3.8) is 0 Å². The smallest absolute Gasteiger partial charge is 0.181 e. The number of halogens is 2. The number of hydrogen-bond acceptors (Lipinski definition) is 1. The number of rotatable bonds is 2. The van der Waals surface area contributed by atoms with Gasteiger partial charge in [0.1, 0.15) is 0 Å². The number of hydrogen-bond donors (Lipinski definition) is 1. The molecule has 0 saturated heterocycles. The van der Waals surface area contributed by atoms with E-state index in [1.807, 2.05) is 13.8 Å². The maximum atomic E-state index is 13.2. The fraction of sp³-hybridized carbons (Fsp3) is 0.400. The molecule has 2 N–H and O–H groups in total. The quantitative estimate of drug-likeness (QED) is 0.704. The molecule has 0 aromatic heterocycles. The second kappa shape index (κ2) is 3.73. The molecule has 0 aliphatic rings. The van der Waals surface area contributed by atoms with Crippen LogP contribution in [0.4, 0.5) is 14.5 Å². The Morgan fingerprint density at radius 2 is 1.85 bits per heavy atom. The van der Waals surface area contributed by atoms with Crippen LogP contribution in [0.3, 0.4) is 0 Å². The highest BCUT2D eigenvalue weighted by molar-refractivity contribution is 5.42. The Hall–Kier alpha value is -1.12. The van der Waals surface area contributed by atoms with E-state index in [1.54, 1.807) is 0 Å². The maximum absolute atomic E-state index is 13.2. The minimum Gasteiger partial charge on any atom is -0.396 e. The Kier molecular flexibility index (Phi) is 2.86. The van der Waals surface area contributed by atoms with Crippen LogP contribution in [-0.2, 0) is 6.42 Å². The molecular weight excluding hydrogens is 172 g/mol. The first-order valence-corrected chi connectivity index (χ1v) is 4.24. The number of nitrogens with two attached hydrogens (primary N) is 1. The van der Waals surface area contributed by atoms with Gasteiger partial charge in [0.05, 0.1) is 5.69 Å². The van der Waals surface area contributed by atoms with Crippen molar-refractivity contribution in [1.82, 2.24) is 0 Å². The van der Waals surface area contributed by atoms with Crippen LogP contribution in [0.2, 0.25) is 0 Å². The third kappa shape index (κ3) is 2.17. The molecule has 1 nitrogen and oxygen atoms in total. The summed E-state index contributed by atoms with van der Waals surface area (Å²) in [6.07, 6.45) is 0.531. The van der Waals surface area contributed by atoms with Gasteiger partial charge in [-0.3, -0.25) is 0 Å². The van der Waals surface area contributed by atoms with Crippen LogP contribution in [0, 0.1) is 17.6 Å². The molecule has 1 aromatic rings. The minimum absolute atomic E-state index is 0.134. The molecule has 0 unspecified atom stereocenters. The van der Waals surface area contributed by atoms with E-state index in [4.69, 9.17) is 5.73 Å². The van der Waals surface area contributed by atoms with Crippen molar-refractivity contribution in [2.75, 3.05) is 5.73 Å². The maximum Gasteiger partial charge on any atom is 0.181 e. The highest BCUT2D eigenvalue weighted by Gasteiger charge is 2.11. The summed E-state index contributed by atoms with van der Waals surface area (Å²) >= 11 is 0. The van der Waals surface area contributed by atoms with E-state index in [9.17, 15) is 8.78 Å². The summed E-state index contributed by atoms with van der Waals surface area (Å²) in [6, 6.07) is 2.93. The topological polar surface area (TPSA) is 26.0 Å². The second-order valence-corrected chi connectivity index (χ2v) is 3.54. The molecule has 1 rings (SSSR count). The van der Waals surface area contributed by atoms with Crippen LogP contribution in [0.5, 0.6) is 0 Å². The largest absolute Gasteiger partial charge is 0.396 e. The van der Waals surface area contributed by atoms with E-state index in [1.165, 1.54) is 12.1 Å². The summed E-state index contributed by atoms with van der Waals surface area (Å²) in [5, 5.41) is 0. The highest BCUT2D eigenvalue weighted by Crippen LogP contribution is 2.20. The molecule has 0 radical (unpaired) electrons. The lowest BCUT2D eigenvalue weighted by Crippen LogP contribution is -2.02. The van der Waals surface area contributed by atoms with E-state index in [0.717, 1.165) is 0 Å². The second-order valence-electron chi connectivity index (χ2n) is 3.54. The molecule has 0 amide bonds. The molecule has 72 valence electrons. The van der Waals surface area contributed by atoms with Crippen molar-refractivity contribution in [2.24, 2.45) is 5.92 Å². The molecule has 1 aromatic carbocycles. The average Bonchev–Trinajstić information content (AvgIpc) is 2.06. The molecule has 0 spiro atoms. The van der Waals surface area contributed by atoms with E-state index in [-0.39, 0.29) is 5.69 Å². The molecule has 0 saturated carbocycles. The Morgan fingerprint density at radius 3 is 2.38 bits per heavy atom. The molecule has 0 fully saturated rings. The lowest BCUT2D eigenvalue weighted by atomic mass is 10.0.